The minimum absolute atomic E-state index is 0.100. The Hall–Kier alpha value is -2.44. The Kier molecular flexibility index (Phi) is 3.98. The van der Waals surface area contributed by atoms with Crippen molar-refractivity contribution in [2.24, 2.45) is 11.7 Å². The normalized spacial score (nSPS) is 11.7. The molecule has 1 unspecified atom stereocenters. The molecular formula is C11H11FN2O4. The number of benzene rings is 1. The van der Waals surface area contributed by atoms with Gasteiger partial charge in [0.1, 0.15) is 11.7 Å². The number of carboxylic acid groups (broad SMARTS) is 1. The molecule has 0 spiro atoms. The molecule has 7 heteroatoms. The molecule has 0 fully saturated rings. The fourth-order valence-electron chi connectivity index (χ4n) is 1.15. The van der Waals surface area contributed by atoms with Crippen LogP contribution >= 0.6 is 0 Å². The van der Waals surface area contributed by atoms with Crippen LogP contribution in [0, 0.1) is 11.7 Å². The first kappa shape index (κ1) is 13.6. The lowest BCUT2D eigenvalue weighted by Gasteiger charge is -2.09. The number of carbonyl (C=O) groups excluding carboxylic acids is 2. The largest absolute Gasteiger partial charge is 0.481 e. The van der Waals surface area contributed by atoms with Gasteiger partial charge in [-0.3, -0.25) is 14.4 Å². The van der Waals surface area contributed by atoms with Gasteiger partial charge in [0, 0.05) is 5.69 Å². The number of hydrogen-bond acceptors (Lipinski definition) is 3. The molecular weight excluding hydrogens is 243 g/mol. The van der Waals surface area contributed by atoms with Crippen LogP contribution in [-0.2, 0) is 9.59 Å². The average molecular weight is 254 g/mol. The van der Waals surface area contributed by atoms with Crippen molar-refractivity contribution in [2.45, 2.75) is 6.92 Å². The number of anilines is 1. The number of primary amides is 1. The van der Waals surface area contributed by atoms with Crippen molar-refractivity contribution in [1.29, 1.82) is 0 Å². The highest BCUT2D eigenvalue weighted by molar-refractivity contribution is 6.04. The van der Waals surface area contributed by atoms with Gasteiger partial charge in [0.05, 0.1) is 5.56 Å². The van der Waals surface area contributed by atoms with Crippen LogP contribution in [0.15, 0.2) is 18.2 Å². The fraction of sp³-hybridized carbons (Fsp3) is 0.182. The Morgan fingerprint density at radius 2 is 2.00 bits per heavy atom. The average Bonchev–Trinajstić information content (AvgIpc) is 2.29. The number of hydrogen-bond donors (Lipinski definition) is 3. The molecule has 18 heavy (non-hydrogen) atoms. The van der Waals surface area contributed by atoms with Gasteiger partial charge in [-0.05, 0) is 25.1 Å². The van der Waals surface area contributed by atoms with E-state index >= 15 is 0 Å². The highest BCUT2D eigenvalue weighted by Crippen LogP contribution is 2.15. The summed E-state index contributed by atoms with van der Waals surface area (Å²) in [6.07, 6.45) is 0. The van der Waals surface area contributed by atoms with E-state index in [9.17, 15) is 18.8 Å². The van der Waals surface area contributed by atoms with E-state index in [1.807, 2.05) is 0 Å². The van der Waals surface area contributed by atoms with E-state index in [-0.39, 0.29) is 11.3 Å². The molecule has 0 saturated carbocycles. The summed E-state index contributed by atoms with van der Waals surface area (Å²) in [4.78, 5) is 32.9. The third-order valence-electron chi connectivity index (χ3n) is 2.26. The molecule has 1 aromatic rings. The van der Waals surface area contributed by atoms with Crippen molar-refractivity contribution in [3.8, 4) is 0 Å². The van der Waals surface area contributed by atoms with Crippen LogP contribution in [0.5, 0.6) is 0 Å². The third kappa shape index (κ3) is 3.03. The second-order valence-corrected chi connectivity index (χ2v) is 3.61. The maximum atomic E-state index is 13.1. The van der Waals surface area contributed by atoms with Gasteiger partial charge in [-0.1, -0.05) is 0 Å². The maximum absolute atomic E-state index is 13.1. The van der Waals surface area contributed by atoms with Crippen LogP contribution in [0.2, 0.25) is 0 Å². The number of amides is 2. The molecule has 2 amide bonds. The lowest BCUT2D eigenvalue weighted by Crippen LogP contribution is -2.27. The van der Waals surface area contributed by atoms with Gasteiger partial charge in [0.2, 0.25) is 5.91 Å². The predicted octanol–water partition coefficient (Wildman–Crippen LogP) is 0.584. The summed E-state index contributed by atoms with van der Waals surface area (Å²) in [6, 6.07) is 3.21. The van der Waals surface area contributed by atoms with Gasteiger partial charge in [-0.25, -0.2) is 4.39 Å². The Balaban J connectivity index is 2.93. The molecule has 0 aromatic heterocycles. The van der Waals surface area contributed by atoms with E-state index < -0.39 is 29.5 Å². The second-order valence-electron chi connectivity index (χ2n) is 3.61. The Labute approximate surface area is 102 Å². The summed E-state index contributed by atoms with van der Waals surface area (Å²) in [5.41, 5.74) is 4.66. The van der Waals surface area contributed by atoms with Crippen molar-refractivity contribution >= 4 is 23.5 Å². The molecule has 6 nitrogen and oxygen atoms in total. The summed E-state index contributed by atoms with van der Waals surface area (Å²) in [5, 5.41) is 10.9. The van der Waals surface area contributed by atoms with E-state index in [0.29, 0.717) is 0 Å². The molecule has 0 aliphatic carbocycles. The van der Waals surface area contributed by atoms with Crippen LogP contribution in [0.25, 0.3) is 0 Å². The molecule has 0 aliphatic rings. The van der Waals surface area contributed by atoms with Gasteiger partial charge in [-0.15, -0.1) is 0 Å². The highest BCUT2D eigenvalue weighted by Gasteiger charge is 2.21. The van der Waals surface area contributed by atoms with Crippen molar-refractivity contribution < 1.29 is 23.9 Å². The monoisotopic (exact) mass is 254 g/mol. The molecule has 1 atom stereocenters. The first-order valence-electron chi connectivity index (χ1n) is 4.96. The number of nitrogens with one attached hydrogen (secondary N) is 1. The topological polar surface area (TPSA) is 109 Å². The summed E-state index contributed by atoms with van der Waals surface area (Å²) in [7, 11) is 0. The Bertz CT molecular complexity index is 516. The molecule has 0 bridgehead atoms. The summed E-state index contributed by atoms with van der Waals surface area (Å²) >= 11 is 0. The van der Waals surface area contributed by atoms with E-state index in [2.05, 4.69) is 5.32 Å². The number of carbonyl (C=O) groups is 3. The lowest BCUT2D eigenvalue weighted by molar-refractivity contribution is -0.144. The minimum Gasteiger partial charge on any atom is -0.481 e. The second kappa shape index (κ2) is 5.26. The van der Waals surface area contributed by atoms with Crippen molar-refractivity contribution in [1.82, 2.24) is 0 Å². The van der Waals surface area contributed by atoms with Crippen LogP contribution in [0.3, 0.4) is 0 Å². The number of nitrogens with two attached hydrogens (primary N) is 1. The first-order valence-corrected chi connectivity index (χ1v) is 4.96. The van der Waals surface area contributed by atoms with E-state index in [1.54, 1.807) is 0 Å². The zero-order valence-corrected chi connectivity index (χ0v) is 9.44. The first-order chi connectivity index (χ1) is 8.32. The zero-order valence-electron chi connectivity index (χ0n) is 9.44. The fourth-order valence-corrected chi connectivity index (χ4v) is 1.15. The van der Waals surface area contributed by atoms with Gasteiger partial charge < -0.3 is 16.2 Å². The number of halogens is 1. The van der Waals surface area contributed by atoms with Crippen molar-refractivity contribution in [3.63, 3.8) is 0 Å². The van der Waals surface area contributed by atoms with E-state index in [4.69, 9.17) is 10.8 Å². The minimum atomic E-state index is -1.29. The molecule has 0 saturated heterocycles. The quantitative estimate of drug-likeness (QED) is 0.683. The summed E-state index contributed by atoms with van der Waals surface area (Å²) in [5.74, 6) is -5.11. The van der Waals surface area contributed by atoms with Gasteiger partial charge in [0.15, 0.2) is 0 Å². The maximum Gasteiger partial charge on any atom is 0.315 e. The Morgan fingerprint density at radius 1 is 1.39 bits per heavy atom. The molecule has 0 aliphatic heterocycles. The van der Waals surface area contributed by atoms with Crippen LogP contribution in [0.1, 0.15) is 17.3 Å². The van der Waals surface area contributed by atoms with Crippen molar-refractivity contribution in [3.05, 3.63) is 29.6 Å². The standard InChI is InChI=1S/C11H11FN2O4/c1-5(11(17)18)10(16)14-6-2-3-8(12)7(4-6)9(13)15/h2-5H,1H3,(H2,13,15)(H,14,16)(H,17,18). The zero-order chi connectivity index (χ0) is 13.9. The molecule has 1 rings (SSSR count). The van der Waals surface area contributed by atoms with Gasteiger partial charge in [-0.2, -0.15) is 0 Å². The van der Waals surface area contributed by atoms with Crippen LogP contribution < -0.4 is 11.1 Å². The molecule has 0 heterocycles. The van der Waals surface area contributed by atoms with Crippen LogP contribution in [-0.4, -0.2) is 22.9 Å². The molecule has 4 N–H and O–H groups in total. The number of aliphatic carboxylic acids is 1. The van der Waals surface area contributed by atoms with E-state index in [0.717, 1.165) is 12.1 Å². The van der Waals surface area contributed by atoms with Crippen LogP contribution in [0.4, 0.5) is 10.1 Å². The number of rotatable bonds is 4. The highest BCUT2D eigenvalue weighted by atomic mass is 19.1. The number of carboxylic acids is 1. The smallest absolute Gasteiger partial charge is 0.315 e. The summed E-state index contributed by atoms with van der Waals surface area (Å²) in [6.45, 7) is 1.20. The molecule has 1 aromatic carbocycles. The van der Waals surface area contributed by atoms with E-state index in [1.165, 1.54) is 13.0 Å². The lowest BCUT2D eigenvalue weighted by atomic mass is 10.1. The summed E-state index contributed by atoms with van der Waals surface area (Å²) < 4.78 is 13.1. The third-order valence-corrected chi connectivity index (χ3v) is 2.26. The van der Waals surface area contributed by atoms with Gasteiger partial charge >= 0.3 is 5.97 Å². The predicted molar refractivity (Wildman–Crippen MR) is 60.3 cm³/mol. The SMILES string of the molecule is CC(C(=O)O)C(=O)Nc1ccc(F)c(C(N)=O)c1. The molecule has 0 radical (unpaired) electrons. The van der Waals surface area contributed by atoms with Gasteiger partial charge in [0.25, 0.3) is 5.91 Å². The molecule has 96 valence electrons. The van der Waals surface area contributed by atoms with Crippen molar-refractivity contribution in [2.75, 3.05) is 5.32 Å². The Morgan fingerprint density at radius 3 is 2.50 bits per heavy atom.